The third kappa shape index (κ3) is 4.03. The van der Waals surface area contributed by atoms with Gasteiger partial charge in [-0.1, -0.05) is 48.0 Å². The average molecular weight is 289 g/mol. The number of hydrogen-bond donors (Lipinski definition) is 0. The zero-order valence-corrected chi connectivity index (χ0v) is 11.9. The molecule has 0 bridgehead atoms. The summed E-state index contributed by atoms with van der Waals surface area (Å²) in [7, 11) is 0. The van der Waals surface area contributed by atoms with Crippen molar-refractivity contribution in [3.63, 3.8) is 0 Å². The minimum Gasteiger partial charge on any atom is -0.367 e. The Morgan fingerprint density at radius 3 is 2.06 bits per heavy atom. The molecule has 0 aromatic carbocycles. The Balaban J connectivity index is 1.64. The van der Waals surface area contributed by atoms with Gasteiger partial charge in [-0.25, -0.2) is 0 Å². The Kier molecular flexibility index (Phi) is 5.64. The zero-order valence-electron chi connectivity index (χ0n) is 10.3. The quantitative estimate of drug-likeness (QED) is 0.670. The molecule has 0 unspecified atom stereocenters. The summed E-state index contributed by atoms with van der Waals surface area (Å²) in [4.78, 5) is 0. The van der Waals surface area contributed by atoms with E-state index in [1.165, 1.54) is 64.2 Å². The minimum absolute atomic E-state index is 0.544. The van der Waals surface area contributed by atoms with Gasteiger partial charge in [-0.3, -0.25) is 0 Å². The molecule has 0 aromatic heterocycles. The minimum atomic E-state index is 0.544. The summed E-state index contributed by atoms with van der Waals surface area (Å²) in [6.45, 7) is 0. The summed E-state index contributed by atoms with van der Waals surface area (Å²) >= 11 is 3.36. The number of halogens is 1. The smallest absolute Gasteiger partial charge is 0.102 e. The van der Waals surface area contributed by atoms with Crippen LogP contribution in [-0.4, -0.2) is 11.6 Å². The van der Waals surface area contributed by atoms with Crippen molar-refractivity contribution in [3.8, 4) is 0 Å². The van der Waals surface area contributed by atoms with Gasteiger partial charge in [-0.15, -0.1) is 0 Å². The van der Waals surface area contributed by atoms with Gasteiger partial charge < -0.3 is 4.74 Å². The monoisotopic (exact) mass is 288 g/mol. The van der Waals surface area contributed by atoms with E-state index in [-0.39, 0.29) is 0 Å². The van der Waals surface area contributed by atoms with Crippen LogP contribution in [0, 0.1) is 11.8 Å². The molecule has 0 atom stereocenters. The third-order valence-electron chi connectivity index (χ3n) is 4.48. The van der Waals surface area contributed by atoms with Gasteiger partial charge in [0.1, 0.15) is 5.52 Å². The Morgan fingerprint density at radius 2 is 1.44 bits per heavy atom. The van der Waals surface area contributed by atoms with Crippen LogP contribution < -0.4 is 0 Å². The van der Waals surface area contributed by atoms with E-state index in [1.807, 2.05) is 0 Å². The highest BCUT2D eigenvalue weighted by molar-refractivity contribution is 9.09. The predicted octanol–water partition coefficient (Wildman–Crippen LogP) is 4.88. The first-order valence-electron chi connectivity index (χ1n) is 7.06. The Bertz CT molecular complexity index is 181. The highest BCUT2D eigenvalue weighted by atomic mass is 79.9. The molecule has 0 amide bonds. The van der Waals surface area contributed by atoms with Crippen molar-refractivity contribution in [1.82, 2.24) is 0 Å². The van der Waals surface area contributed by atoms with Gasteiger partial charge in [-0.05, 0) is 43.9 Å². The lowest BCUT2D eigenvalue weighted by atomic mass is 9.77. The fourth-order valence-electron chi connectivity index (χ4n) is 3.52. The highest BCUT2D eigenvalue weighted by Gasteiger charge is 2.24. The topological polar surface area (TPSA) is 9.23 Å². The fraction of sp³-hybridized carbons (Fsp3) is 1.00. The number of alkyl halides is 1. The molecule has 0 saturated heterocycles. The fourth-order valence-corrected chi connectivity index (χ4v) is 3.89. The molecule has 0 spiro atoms. The predicted molar refractivity (Wildman–Crippen MR) is 71.8 cm³/mol. The Labute approximate surface area is 108 Å². The van der Waals surface area contributed by atoms with Gasteiger partial charge in [-0.2, -0.15) is 0 Å². The van der Waals surface area contributed by atoms with Gasteiger partial charge in [0, 0.05) is 0 Å². The maximum absolute atomic E-state index is 5.64. The van der Waals surface area contributed by atoms with Gasteiger partial charge in [0.25, 0.3) is 0 Å². The van der Waals surface area contributed by atoms with Crippen LogP contribution in [0.3, 0.4) is 0 Å². The molecule has 16 heavy (non-hydrogen) atoms. The van der Waals surface area contributed by atoms with Crippen molar-refractivity contribution >= 4 is 15.9 Å². The molecule has 0 aromatic rings. The first kappa shape index (κ1) is 12.9. The van der Waals surface area contributed by atoms with E-state index in [4.69, 9.17) is 4.74 Å². The van der Waals surface area contributed by atoms with E-state index in [0.717, 1.165) is 11.8 Å². The van der Waals surface area contributed by atoms with Crippen LogP contribution in [0.25, 0.3) is 0 Å². The van der Waals surface area contributed by atoms with E-state index >= 15 is 0 Å². The van der Waals surface area contributed by atoms with Crippen molar-refractivity contribution in [1.29, 1.82) is 0 Å². The molecule has 0 radical (unpaired) electrons. The lowest BCUT2D eigenvalue weighted by Crippen LogP contribution is -2.23. The summed E-state index contributed by atoms with van der Waals surface area (Å²) in [6, 6.07) is 0. The van der Waals surface area contributed by atoms with Crippen LogP contribution in [0.5, 0.6) is 0 Å². The molecule has 0 aliphatic heterocycles. The van der Waals surface area contributed by atoms with Crippen LogP contribution in [-0.2, 0) is 4.74 Å². The van der Waals surface area contributed by atoms with Gasteiger partial charge >= 0.3 is 0 Å². The molecule has 0 heterocycles. The lowest BCUT2D eigenvalue weighted by molar-refractivity contribution is 0.0444. The molecular weight excluding hydrogens is 264 g/mol. The van der Waals surface area contributed by atoms with Gasteiger partial charge in [0.15, 0.2) is 0 Å². The summed E-state index contributed by atoms with van der Waals surface area (Å²) in [5.41, 5.74) is 0.713. The first-order chi connectivity index (χ1) is 7.88. The summed E-state index contributed by atoms with van der Waals surface area (Å²) < 4.78 is 5.64. The second kappa shape index (κ2) is 7.00. The number of rotatable bonds is 4. The molecule has 2 heteroatoms. The second-order valence-corrected chi connectivity index (χ2v) is 6.12. The van der Waals surface area contributed by atoms with Crippen molar-refractivity contribution in [2.75, 3.05) is 5.52 Å². The first-order valence-corrected chi connectivity index (χ1v) is 8.18. The second-order valence-electron chi connectivity index (χ2n) is 5.66. The highest BCUT2D eigenvalue weighted by Crippen LogP contribution is 2.35. The van der Waals surface area contributed by atoms with Gasteiger partial charge in [0.05, 0.1) is 6.10 Å². The number of hydrogen-bond acceptors (Lipinski definition) is 1. The summed E-state index contributed by atoms with van der Waals surface area (Å²) in [6.07, 6.45) is 15.0. The van der Waals surface area contributed by atoms with Crippen LogP contribution in [0.1, 0.15) is 64.2 Å². The van der Waals surface area contributed by atoms with Crippen molar-refractivity contribution in [3.05, 3.63) is 0 Å². The molecule has 2 aliphatic rings. The Hall–Kier alpha value is 0.440. The molecule has 2 fully saturated rings. The molecule has 2 aliphatic carbocycles. The SMILES string of the molecule is BrCOC1CCC(CC2CCCCC2)CC1. The van der Waals surface area contributed by atoms with E-state index < -0.39 is 0 Å². The van der Waals surface area contributed by atoms with Crippen molar-refractivity contribution < 1.29 is 4.74 Å². The molecule has 0 N–H and O–H groups in total. The normalized spacial score (nSPS) is 32.8. The van der Waals surface area contributed by atoms with Crippen LogP contribution in [0.2, 0.25) is 0 Å². The van der Waals surface area contributed by atoms with E-state index in [0.29, 0.717) is 11.6 Å². The zero-order chi connectivity index (χ0) is 11.2. The van der Waals surface area contributed by atoms with Crippen molar-refractivity contribution in [2.24, 2.45) is 11.8 Å². The van der Waals surface area contributed by atoms with Crippen LogP contribution in [0.4, 0.5) is 0 Å². The molecule has 94 valence electrons. The molecule has 2 saturated carbocycles. The van der Waals surface area contributed by atoms with E-state index in [1.54, 1.807) is 0 Å². The average Bonchev–Trinajstić information content (AvgIpc) is 2.33. The standard InChI is InChI=1S/C14H25BrO/c15-11-16-14-8-6-13(7-9-14)10-12-4-2-1-3-5-12/h12-14H,1-11H2. The number of ether oxygens (including phenoxy) is 1. The maximum atomic E-state index is 5.64. The van der Waals surface area contributed by atoms with Gasteiger partial charge in [0.2, 0.25) is 0 Å². The molecular formula is C14H25BrO. The van der Waals surface area contributed by atoms with E-state index in [9.17, 15) is 0 Å². The summed E-state index contributed by atoms with van der Waals surface area (Å²) in [5, 5.41) is 0. The maximum Gasteiger partial charge on any atom is 0.102 e. The lowest BCUT2D eigenvalue weighted by Gasteiger charge is -2.31. The van der Waals surface area contributed by atoms with Crippen LogP contribution in [0.15, 0.2) is 0 Å². The Morgan fingerprint density at radius 1 is 0.812 bits per heavy atom. The van der Waals surface area contributed by atoms with E-state index in [2.05, 4.69) is 15.9 Å². The van der Waals surface area contributed by atoms with Crippen LogP contribution >= 0.6 is 15.9 Å². The molecule has 1 nitrogen and oxygen atoms in total. The summed E-state index contributed by atoms with van der Waals surface area (Å²) in [5.74, 6) is 2.07. The largest absolute Gasteiger partial charge is 0.367 e. The molecule has 2 rings (SSSR count). The van der Waals surface area contributed by atoms with Crippen molar-refractivity contribution in [2.45, 2.75) is 70.3 Å². The third-order valence-corrected chi connectivity index (χ3v) is 4.75.